The van der Waals surface area contributed by atoms with Crippen molar-refractivity contribution >= 4 is 11.3 Å². The summed E-state index contributed by atoms with van der Waals surface area (Å²) in [6.07, 6.45) is 0.736. The standard InChI is InChI=1S/C18H22FN5/c1-7-12-8-13(9(2)10(3)20)14(19)16-15(12)21-18(5,6)17-23-22-11(4)24(16)17/h8,21H,2-3,7,20H2,1,4-6H3. The van der Waals surface area contributed by atoms with Gasteiger partial charge in [0.1, 0.15) is 11.5 Å². The summed E-state index contributed by atoms with van der Waals surface area (Å²) in [5.41, 5.74) is 8.45. The van der Waals surface area contributed by atoms with Gasteiger partial charge in [0.15, 0.2) is 11.6 Å². The van der Waals surface area contributed by atoms with Gasteiger partial charge in [-0.15, -0.1) is 10.2 Å². The first-order chi connectivity index (χ1) is 11.2. The monoisotopic (exact) mass is 327 g/mol. The Morgan fingerprint density at radius 3 is 2.62 bits per heavy atom. The van der Waals surface area contributed by atoms with Crippen LogP contribution in [0.25, 0.3) is 11.3 Å². The Balaban J connectivity index is 2.41. The minimum Gasteiger partial charge on any atom is -0.399 e. The molecule has 0 fully saturated rings. The molecule has 0 amide bonds. The molecule has 3 N–H and O–H groups in total. The minimum atomic E-state index is -0.458. The van der Waals surface area contributed by atoms with Crippen LogP contribution in [0.2, 0.25) is 0 Å². The zero-order valence-electron chi connectivity index (χ0n) is 14.5. The molecular formula is C18H22FN5. The van der Waals surface area contributed by atoms with E-state index in [1.165, 1.54) is 0 Å². The van der Waals surface area contributed by atoms with Crippen molar-refractivity contribution < 1.29 is 4.39 Å². The second-order valence-electron chi connectivity index (χ2n) is 6.63. The van der Waals surface area contributed by atoms with Crippen LogP contribution in [0.3, 0.4) is 0 Å². The summed E-state index contributed by atoms with van der Waals surface area (Å²) < 4.78 is 17.2. The van der Waals surface area contributed by atoms with E-state index in [-0.39, 0.29) is 5.70 Å². The second kappa shape index (κ2) is 5.19. The number of nitrogens with one attached hydrogen (secondary N) is 1. The fourth-order valence-electron chi connectivity index (χ4n) is 3.12. The van der Waals surface area contributed by atoms with Gasteiger partial charge in [0.05, 0.1) is 11.2 Å². The first-order valence-electron chi connectivity index (χ1n) is 7.89. The number of nitrogens with two attached hydrogens (primary N) is 1. The normalized spacial score (nSPS) is 14.5. The molecule has 0 saturated heterocycles. The Morgan fingerprint density at radius 1 is 1.38 bits per heavy atom. The predicted molar refractivity (Wildman–Crippen MR) is 94.4 cm³/mol. The smallest absolute Gasteiger partial charge is 0.162 e. The summed E-state index contributed by atoms with van der Waals surface area (Å²) in [6, 6.07) is 1.79. The molecular weight excluding hydrogens is 305 g/mol. The first-order valence-corrected chi connectivity index (χ1v) is 7.89. The summed E-state index contributed by atoms with van der Waals surface area (Å²) in [5, 5.41) is 11.8. The van der Waals surface area contributed by atoms with E-state index in [4.69, 9.17) is 5.73 Å². The van der Waals surface area contributed by atoms with Gasteiger partial charge in [-0.05, 0) is 44.4 Å². The first kappa shape index (κ1) is 16.2. The van der Waals surface area contributed by atoms with Crippen molar-refractivity contribution in [2.24, 2.45) is 5.73 Å². The lowest BCUT2D eigenvalue weighted by atomic mass is 9.93. The maximum atomic E-state index is 15.4. The average Bonchev–Trinajstić information content (AvgIpc) is 2.89. The fourth-order valence-corrected chi connectivity index (χ4v) is 3.12. The molecule has 24 heavy (non-hydrogen) atoms. The number of anilines is 1. The third kappa shape index (κ3) is 2.13. The van der Waals surface area contributed by atoms with Gasteiger partial charge in [0.2, 0.25) is 0 Å². The fraction of sp³-hybridized carbons (Fsp3) is 0.333. The summed E-state index contributed by atoms with van der Waals surface area (Å²) in [7, 11) is 0. The Labute approximate surface area is 141 Å². The molecule has 126 valence electrons. The Morgan fingerprint density at radius 2 is 2.04 bits per heavy atom. The Kier molecular flexibility index (Phi) is 3.51. The number of aromatic nitrogens is 3. The van der Waals surface area contributed by atoms with Crippen molar-refractivity contribution in [1.82, 2.24) is 14.8 Å². The highest BCUT2D eigenvalue weighted by atomic mass is 19.1. The van der Waals surface area contributed by atoms with Gasteiger partial charge in [-0.2, -0.15) is 0 Å². The number of fused-ring (bicyclic) bond motifs is 3. The second-order valence-corrected chi connectivity index (χ2v) is 6.63. The maximum absolute atomic E-state index is 15.4. The number of aryl methyl sites for hydroxylation is 2. The molecule has 1 aliphatic heterocycles. The van der Waals surface area contributed by atoms with Gasteiger partial charge >= 0.3 is 0 Å². The van der Waals surface area contributed by atoms with E-state index < -0.39 is 11.4 Å². The molecule has 0 atom stereocenters. The molecule has 0 unspecified atom stereocenters. The number of benzene rings is 1. The quantitative estimate of drug-likeness (QED) is 0.848. The van der Waals surface area contributed by atoms with Gasteiger partial charge in [0, 0.05) is 11.3 Å². The maximum Gasteiger partial charge on any atom is 0.162 e. The summed E-state index contributed by atoms with van der Waals surface area (Å²) in [6.45, 7) is 15.4. The SMILES string of the molecule is C=C(N)C(=C)c1cc(CC)c2c(c1F)-n1c(C)nnc1C(C)(C)N2. The van der Waals surface area contributed by atoms with Gasteiger partial charge in [0.25, 0.3) is 0 Å². The summed E-state index contributed by atoms with van der Waals surface area (Å²) >= 11 is 0. The molecule has 0 radical (unpaired) electrons. The van der Waals surface area contributed by atoms with Crippen LogP contribution in [0.5, 0.6) is 0 Å². The lowest BCUT2D eigenvalue weighted by molar-refractivity contribution is 0.520. The number of hydrogen-bond donors (Lipinski definition) is 2. The molecule has 6 heteroatoms. The molecule has 1 aromatic heterocycles. The van der Waals surface area contributed by atoms with E-state index in [1.54, 1.807) is 10.6 Å². The number of hydrogen-bond acceptors (Lipinski definition) is 4. The number of halogens is 1. The van der Waals surface area contributed by atoms with E-state index in [9.17, 15) is 0 Å². The molecule has 1 aliphatic rings. The Hall–Kier alpha value is -2.63. The Bertz CT molecular complexity index is 876. The van der Waals surface area contributed by atoms with Crippen molar-refractivity contribution in [3.63, 3.8) is 0 Å². The van der Waals surface area contributed by atoms with Crippen LogP contribution in [-0.4, -0.2) is 14.8 Å². The lowest BCUT2D eigenvalue weighted by Crippen LogP contribution is -2.37. The number of allylic oxidation sites excluding steroid dienone is 1. The third-order valence-electron chi connectivity index (χ3n) is 4.46. The molecule has 0 saturated carbocycles. The predicted octanol–water partition coefficient (Wildman–Crippen LogP) is 3.42. The molecule has 0 bridgehead atoms. The molecule has 1 aromatic carbocycles. The third-order valence-corrected chi connectivity index (χ3v) is 4.46. The molecule has 0 spiro atoms. The average molecular weight is 327 g/mol. The molecule has 2 aromatic rings. The van der Waals surface area contributed by atoms with E-state index in [2.05, 4.69) is 28.7 Å². The topological polar surface area (TPSA) is 68.8 Å². The van der Waals surface area contributed by atoms with Crippen LogP contribution in [0, 0.1) is 12.7 Å². The van der Waals surface area contributed by atoms with Crippen molar-refractivity contribution in [3.05, 3.63) is 53.5 Å². The van der Waals surface area contributed by atoms with Gasteiger partial charge in [-0.25, -0.2) is 4.39 Å². The van der Waals surface area contributed by atoms with Crippen molar-refractivity contribution in [1.29, 1.82) is 0 Å². The van der Waals surface area contributed by atoms with Crippen LogP contribution >= 0.6 is 0 Å². The van der Waals surface area contributed by atoms with Crippen molar-refractivity contribution in [2.75, 3.05) is 5.32 Å². The van der Waals surface area contributed by atoms with E-state index in [0.717, 1.165) is 17.7 Å². The van der Waals surface area contributed by atoms with E-state index in [1.807, 2.05) is 27.7 Å². The number of nitrogens with zero attached hydrogens (tertiary/aromatic N) is 3. The summed E-state index contributed by atoms with van der Waals surface area (Å²) in [5.74, 6) is 0.907. The summed E-state index contributed by atoms with van der Waals surface area (Å²) in [4.78, 5) is 0. The van der Waals surface area contributed by atoms with Crippen LogP contribution in [0.4, 0.5) is 10.1 Å². The van der Waals surface area contributed by atoms with Crippen LogP contribution in [0.15, 0.2) is 24.9 Å². The highest BCUT2D eigenvalue weighted by molar-refractivity contribution is 5.82. The molecule has 0 aliphatic carbocycles. The number of rotatable bonds is 3. The van der Waals surface area contributed by atoms with Gasteiger partial charge in [-0.1, -0.05) is 20.1 Å². The van der Waals surface area contributed by atoms with Gasteiger partial charge < -0.3 is 11.1 Å². The largest absolute Gasteiger partial charge is 0.399 e. The van der Waals surface area contributed by atoms with E-state index in [0.29, 0.717) is 28.5 Å². The lowest BCUT2D eigenvalue weighted by Gasteiger charge is -2.35. The minimum absolute atomic E-state index is 0.251. The zero-order valence-corrected chi connectivity index (χ0v) is 14.5. The van der Waals surface area contributed by atoms with Crippen LogP contribution in [0.1, 0.15) is 43.5 Å². The zero-order chi connectivity index (χ0) is 17.8. The highest BCUT2D eigenvalue weighted by Gasteiger charge is 2.37. The van der Waals surface area contributed by atoms with Crippen molar-refractivity contribution in [2.45, 2.75) is 39.7 Å². The molecule has 3 rings (SSSR count). The van der Waals surface area contributed by atoms with Crippen LogP contribution < -0.4 is 11.1 Å². The molecule has 5 nitrogen and oxygen atoms in total. The van der Waals surface area contributed by atoms with Crippen LogP contribution in [-0.2, 0) is 12.0 Å². The molecule has 2 heterocycles. The van der Waals surface area contributed by atoms with Gasteiger partial charge in [-0.3, -0.25) is 4.57 Å². The highest BCUT2D eigenvalue weighted by Crippen LogP contribution is 2.42. The van der Waals surface area contributed by atoms with E-state index >= 15 is 4.39 Å². The van der Waals surface area contributed by atoms with Crippen molar-refractivity contribution in [3.8, 4) is 5.69 Å².